The third kappa shape index (κ3) is 5.25. The van der Waals surface area contributed by atoms with Crippen LogP contribution in [0.5, 0.6) is 5.75 Å². The number of benzene rings is 2. The zero-order valence-corrected chi connectivity index (χ0v) is 11.9. The van der Waals surface area contributed by atoms with E-state index in [0.29, 0.717) is 19.0 Å². The summed E-state index contributed by atoms with van der Waals surface area (Å²) in [4.78, 5) is 0.937. The van der Waals surface area contributed by atoms with Crippen molar-refractivity contribution in [3.05, 3.63) is 60.2 Å². The zero-order valence-electron chi connectivity index (χ0n) is 11.1. The number of hydrogen-bond acceptors (Lipinski definition) is 4. The molecule has 0 aliphatic carbocycles. The van der Waals surface area contributed by atoms with Gasteiger partial charge in [0.25, 0.3) is 0 Å². The fourth-order valence-electron chi connectivity index (χ4n) is 1.70. The Morgan fingerprint density at radius 2 is 1.85 bits per heavy atom. The highest BCUT2D eigenvalue weighted by Gasteiger charge is 2.06. The van der Waals surface area contributed by atoms with E-state index >= 15 is 0 Å². The van der Waals surface area contributed by atoms with E-state index in [0.717, 1.165) is 10.5 Å². The third-order valence-corrected chi connectivity index (χ3v) is 3.82. The third-order valence-electron chi connectivity index (χ3n) is 2.68. The molecule has 0 heterocycles. The molecule has 0 bridgehead atoms. The normalized spacial score (nSPS) is 12.2. The molecule has 1 atom stereocenters. The second kappa shape index (κ2) is 7.94. The van der Waals surface area contributed by atoms with Gasteiger partial charge >= 0.3 is 0 Å². The van der Waals surface area contributed by atoms with Crippen molar-refractivity contribution in [1.29, 1.82) is 0 Å². The minimum absolute atomic E-state index is 0.241. The molecule has 0 aromatic heterocycles. The van der Waals surface area contributed by atoms with Crippen molar-refractivity contribution in [2.45, 2.75) is 17.6 Å². The number of phenolic OH excluding ortho intramolecular Hbond substituents is 1. The van der Waals surface area contributed by atoms with Gasteiger partial charge in [-0.15, -0.1) is 11.8 Å². The number of hydrogen-bond donors (Lipinski definition) is 2. The van der Waals surface area contributed by atoms with Crippen molar-refractivity contribution in [3.63, 3.8) is 0 Å². The van der Waals surface area contributed by atoms with Gasteiger partial charge in [-0.2, -0.15) is 0 Å². The maximum absolute atomic E-state index is 9.85. The van der Waals surface area contributed by atoms with Crippen LogP contribution in [0.1, 0.15) is 5.56 Å². The number of aromatic hydroxyl groups is 1. The van der Waals surface area contributed by atoms with Crippen LogP contribution >= 0.6 is 11.8 Å². The van der Waals surface area contributed by atoms with Crippen LogP contribution in [0.3, 0.4) is 0 Å². The summed E-state index contributed by atoms with van der Waals surface area (Å²) in [7, 11) is 0. The van der Waals surface area contributed by atoms with Crippen LogP contribution in [-0.2, 0) is 11.3 Å². The first-order valence-corrected chi connectivity index (χ1v) is 7.44. The number of rotatable bonds is 7. The van der Waals surface area contributed by atoms with Crippen molar-refractivity contribution >= 4 is 11.8 Å². The van der Waals surface area contributed by atoms with Gasteiger partial charge in [-0.25, -0.2) is 0 Å². The fourth-order valence-corrected chi connectivity index (χ4v) is 2.56. The number of ether oxygens (including phenoxy) is 1. The second-order valence-corrected chi connectivity index (χ2v) is 5.56. The molecule has 0 aliphatic heterocycles. The van der Waals surface area contributed by atoms with E-state index in [1.54, 1.807) is 18.2 Å². The molecule has 0 radical (unpaired) electrons. The van der Waals surface area contributed by atoms with E-state index in [1.165, 1.54) is 11.8 Å². The average molecular weight is 290 g/mol. The number of aliphatic hydroxyl groups is 1. The molecule has 3 nitrogen and oxygen atoms in total. The van der Waals surface area contributed by atoms with Gasteiger partial charge in [0.15, 0.2) is 0 Å². The lowest BCUT2D eigenvalue weighted by molar-refractivity contribution is 0.0398. The summed E-state index contributed by atoms with van der Waals surface area (Å²) in [6.45, 7) is 0.815. The van der Waals surface area contributed by atoms with E-state index < -0.39 is 6.10 Å². The first-order chi connectivity index (χ1) is 9.74. The van der Waals surface area contributed by atoms with Gasteiger partial charge in [-0.05, 0) is 23.8 Å². The molecule has 0 saturated carbocycles. The minimum Gasteiger partial charge on any atom is -0.508 e. The predicted molar refractivity (Wildman–Crippen MR) is 80.9 cm³/mol. The van der Waals surface area contributed by atoms with Crippen molar-refractivity contribution in [1.82, 2.24) is 0 Å². The molecule has 0 aliphatic rings. The van der Waals surface area contributed by atoms with Gasteiger partial charge in [0, 0.05) is 10.6 Å². The molecule has 2 aromatic rings. The van der Waals surface area contributed by atoms with Crippen molar-refractivity contribution in [2.24, 2.45) is 0 Å². The highest BCUT2D eigenvalue weighted by atomic mass is 32.2. The Bertz CT molecular complexity index is 516. The van der Waals surface area contributed by atoms with E-state index in [4.69, 9.17) is 4.74 Å². The maximum atomic E-state index is 9.85. The van der Waals surface area contributed by atoms with Crippen LogP contribution in [0.15, 0.2) is 59.5 Å². The van der Waals surface area contributed by atoms with Crippen LogP contribution in [0.4, 0.5) is 0 Å². The standard InChI is InChI=1S/C16H18O3S/c17-14-7-4-8-16(9-14)20-12-15(18)11-19-10-13-5-2-1-3-6-13/h1-9,15,17-18H,10-12H2. The van der Waals surface area contributed by atoms with E-state index in [9.17, 15) is 10.2 Å². The average Bonchev–Trinajstić information content (AvgIpc) is 2.46. The van der Waals surface area contributed by atoms with Crippen molar-refractivity contribution < 1.29 is 14.9 Å². The van der Waals surface area contributed by atoms with E-state index in [2.05, 4.69) is 0 Å². The topological polar surface area (TPSA) is 49.7 Å². The molecule has 0 amide bonds. The van der Waals surface area contributed by atoms with Gasteiger partial charge in [0.05, 0.1) is 19.3 Å². The van der Waals surface area contributed by atoms with Crippen LogP contribution in [0, 0.1) is 0 Å². The molecule has 2 aromatic carbocycles. The SMILES string of the molecule is Oc1cccc(SCC(O)COCc2ccccc2)c1. The van der Waals surface area contributed by atoms with Gasteiger partial charge in [-0.3, -0.25) is 0 Å². The maximum Gasteiger partial charge on any atom is 0.116 e. The van der Waals surface area contributed by atoms with Crippen LogP contribution in [-0.4, -0.2) is 28.7 Å². The Balaban J connectivity index is 1.67. The Morgan fingerprint density at radius 1 is 1.05 bits per heavy atom. The summed E-state index contributed by atoms with van der Waals surface area (Å²) in [5, 5.41) is 19.2. The first kappa shape index (κ1) is 14.9. The summed E-state index contributed by atoms with van der Waals surface area (Å²) in [6.07, 6.45) is -0.522. The molecular formula is C16H18O3S. The number of thioether (sulfide) groups is 1. The number of phenols is 1. The Kier molecular flexibility index (Phi) is 5.92. The quantitative estimate of drug-likeness (QED) is 0.770. The van der Waals surface area contributed by atoms with Crippen LogP contribution in [0.25, 0.3) is 0 Å². The smallest absolute Gasteiger partial charge is 0.116 e. The summed E-state index contributed by atoms with van der Waals surface area (Å²) < 4.78 is 5.48. The van der Waals surface area contributed by atoms with Crippen molar-refractivity contribution in [2.75, 3.05) is 12.4 Å². The second-order valence-electron chi connectivity index (χ2n) is 4.46. The Morgan fingerprint density at radius 3 is 2.60 bits per heavy atom. The van der Waals surface area contributed by atoms with Gasteiger partial charge < -0.3 is 14.9 Å². The molecule has 0 fully saturated rings. The van der Waals surface area contributed by atoms with Crippen LogP contribution in [0.2, 0.25) is 0 Å². The summed E-state index contributed by atoms with van der Waals surface area (Å²) in [6, 6.07) is 16.9. The van der Waals surface area contributed by atoms with Gasteiger partial charge in [0.2, 0.25) is 0 Å². The van der Waals surface area contributed by atoms with Gasteiger partial charge in [-0.1, -0.05) is 36.4 Å². The molecule has 106 valence electrons. The Labute approximate surface area is 123 Å². The lowest BCUT2D eigenvalue weighted by Crippen LogP contribution is -2.17. The largest absolute Gasteiger partial charge is 0.508 e. The van der Waals surface area contributed by atoms with Gasteiger partial charge in [0.1, 0.15) is 5.75 Å². The predicted octanol–water partition coefficient (Wildman–Crippen LogP) is 3.06. The molecule has 2 N–H and O–H groups in total. The zero-order chi connectivity index (χ0) is 14.2. The molecule has 0 spiro atoms. The summed E-state index contributed by atoms with van der Waals surface area (Å²) >= 11 is 1.50. The molecule has 2 rings (SSSR count). The lowest BCUT2D eigenvalue weighted by atomic mass is 10.2. The molecule has 4 heteroatoms. The molecule has 20 heavy (non-hydrogen) atoms. The molecular weight excluding hydrogens is 272 g/mol. The first-order valence-electron chi connectivity index (χ1n) is 6.45. The van der Waals surface area contributed by atoms with Crippen molar-refractivity contribution in [3.8, 4) is 5.75 Å². The number of aliphatic hydroxyl groups excluding tert-OH is 1. The summed E-state index contributed by atoms with van der Waals surface area (Å²) in [5.41, 5.74) is 1.10. The minimum atomic E-state index is -0.522. The van der Waals surface area contributed by atoms with E-state index in [-0.39, 0.29) is 5.75 Å². The Hall–Kier alpha value is -1.49. The van der Waals surface area contributed by atoms with E-state index in [1.807, 2.05) is 36.4 Å². The highest BCUT2D eigenvalue weighted by Crippen LogP contribution is 2.22. The monoisotopic (exact) mass is 290 g/mol. The molecule has 1 unspecified atom stereocenters. The highest BCUT2D eigenvalue weighted by molar-refractivity contribution is 7.99. The summed E-state index contributed by atoms with van der Waals surface area (Å²) in [5.74, 6) is 0.780. The lowest BCUT2D eigenvalue weighted by Gasteiger charge is -2.11. The fraction of sp³-hybridized carbons (Fsp3) is 0.250. The molecule has 0 saturated heterocycles. The van der Waals surface area contributed by atoms with Crippen LogP contribution < -0.4 is 0 Å².